The van der Waals surface area contributed by atoms with Crippen LogP contribution in [0.3, 0.4) is 0 Å². The quantitative estimate of drug-likeness (QED) is 0.780. The Hall–Kier alpha value is -1.61. The fourth-order valence-corrected chi connectivity index (χ4v) is 1.22. The van der Waals surface area contributed by atoms with Crippen LogP contribution in [0.15, 0.2) is 36.7 Å². The van der Waals surface area contributed by atoms with Crippen LogP contribution in [-0.4, -0.2) is 9.97 Å². The number of hydrogen-bond donors (Lipinski definition) is 0. The maximum Gasteiger partial charge on any atom is 0.219 e. The second kappa shape index (κ2) is 4.28. The number of aromatic nitrogens is 2. The summed E-state index contributed by atoms with van der Waals surface area (Å²) in [6.07, 6.45) is 3.26. The van der Waals surface area contributed by atoms with E-state index in [1.54, 1.807) is 24.5 Å². The minimum Gasteiger partial charge on any atom is -0.437 e. The summed E-state index contributed by atoms with van der Waals surface area (Å²) >= 11 is 5.72. The Morgan fingerprint density at radius 1 is 1.20 bits per heavy atom. The zero-order valence-electron chi connectivity index (χ0n) is 8.14. The number of ether oxygens (including phenoxy) is 1. The van der Waals surface area contributed by atoms with Gasteiger partial charge in [-0.15, -0.1) is 0 Å². The molecule has 0 aromatic carbocycles. The van der Waals surface area contributed by atoms with Gasteiger partial charge >= 0.3 is 0 Å². The van der Waals surface area contributed by atoms with Gasteiger partial charge in [0, 0.05) is 18.5 Å². The van der Waals surface area contributed by atoms with Gasteiger partial charge in [0.25, 0.3) is 0 Å². The maximum absolute atomic E-state index is 5.72. The summed E-state index contributed by atoms with van der Waals surface area (Å²) in [5, 5.41) is 0.588. The zero-order valence-corrected chi connectivity index (χ0v) is 8.90. The number of aryl methyl sites for hydroxylation is 1. The Morgan fingerprint density at radius 2 is 2.07 bits per heavy atom. The van der Waals surface area contributed by atoms with Gasteiger partial charge < -0.3 is 4.74 Å². The second-order valence-corrected chi connectivity index (χ2v) is 3.44. The summed E-state index contributed by atoms with van der Waals surface area (Å²) in [5.41, 5.74) is 0.828. The van der Waals surface area contributed by atoms with E-state index in [1.807, 2.05) is 19.1 Å². The molecule has 0 unspecified atom stereocenters. The fourth-order valence-electron chi connectivity index (χ4n) is 1.11. The van der Waals surface area contributed by atoms with Crippen LogP contribution in [0.5, 0.6) is 11.6 Å². The van der Waals surface area contributed by atoms with Gasteiger partial charge in [0.15, 0.2) is 5.75 Å². The Morgan fingerprint density at radius 3 is 2.73 bits per heavy atom. The third kappa shape index (κ3) is 2.44. The van der Waals surface area contributed by atoms with E-state index in [2.05, 4.69) is 9.97 Å². The van der Waals surface area contributed by atoms with Gasteiger partial charge in [-0.25, -0.2) is 4.98 Å². The fraction of sp³-hybridized carbons (Fsp3) is 0.0909. The van der Waals surface area contributed by atoms with Crippen LogP contribution < -0.4 is 4.74 Å². The summed E-state index contributed by atoms with van der Waals surface area (Å²) in [7, 11) is 0. The topological polar surface area (TPSA) is 35.0 Å². The molecular formula is C11H9ClN2O. The first-order valence-corrected chi connectivity index (χ1v) is 4.84. The summed E-state index contributed by atoms with van der Waals surface area (Å²) < 4.78 is 5.53. The van der Waals surface area contributed by atoms with Crippen LogP contribution >= 0.6 is 11.6 Å². The molecule has 0 saturated heterocycles. The molecule has 0 saturated carbocycles. The maximum atomic E-state index is 5.72. The van der Waals surface area contributed by atoms with Crippen molar-refractivity contribution in [3.05, 3.63) is 47.4 Å². The van der Waals surface area contributed by atoms with E-state index in [0.29, 0.717) is 16.7 Å². The molecular weight excluding hydrogens is 212 g/mol. The van der Waals surface area contributed by atoms with Crippen LogP contribution in [0.1, 0.15) is 5.69 Å². The number of hydrogen-bond acceptors (Lipinski definition) is 3. The van der Waals surface area contributed by atoms with E-state index >= 15 is 0 Å². The zero-order chi connectivity index (χ0) is 10.7. The molecule has 2 rings (SSSR count). The van der Waals surface area contributed by atoms with E-state index in [-0.39, 0.29) is 0 Å². The molecule has 15 heavy (non-hydrogen) atoms. The van der Waals surface area contributed by atoms with Crippen LogP contribution in [0.4, 0.5) is 0 Å². The van der Waals surface area contributed by atoms with E-state index < -0.39 is 0 Å². The van der Waals surface area contributed by atoms with Crippen molar-refractivity contribution in [2.24, 2.45) is 0 Å². The van der Waals surface area contributed by atoms with Crippen LogP contribution in [-0.2, 0) is 0 Å². The predicted octanol–water partition coefficient (Wildman–Crippen LogP) is 3.23. The van der Waals surface area contributed by atoms with Crippen LogP contribution in [0.2, 0.25) is 5.02 Å². The molecule has 76 valence electrons. The summed E-state index contributed by atoms with van der Waals surface area (Å²) in [6.45, 7) is 1.88. The van der Waals surface area contributed by atoms with Crippen LogP contribution in [0.25, 0.3) is 0 Å². The average molecular weight is 221 g/mol. The standard InChI is InChI=1S/C11H9ClN2O/c1-8-10(3-2-6-13-8)15-11-5-4-9(12)7-14-11/h2-7H,1H3. The van der Waals surface area contributed by atoms with Crippen molar-refractivity contribution in [1.29, 1.82) is 0 Å². The lowest BCUT2D eigenvalue weighted by Gasteiger charge is -2.05. The molecule has 0 aliphatic rings. The summed E-state index contributed by atoms with van der Waals surface area (Å²) in [4.78, 5) is 8.15. The molecule has 0 aliphatic heterocycles. The first-order valence-electron chi connectivity index (χ1n) is 4.47. The van der Waals surface area contributed by atoms with Crippen molar-refractivity contribution < 1.29 is 4.74 Å². The number of rotatable bonds is 2. The largest absolute Gasteiger partial charge is 0.437 e. The van der Waals surface area contributed by atoms with Gasteiger partial charge in [0.1, 0.15) is 0 Å². The van der Waals surface area contributed by atoms with Crippen molar-refractivity contribution in [2.45, 2.75) is 6.92 Å². The molecule has 2 aromatic rings. The third-order valence-electron chi connectivity index (χ3n) is 1.87. The Labute approximate surface area is 92.7 Å². The van der Waals surface area contributed by atoms with Gasteiger partial charge in [-0.1, -0.05) is 11.6 Å². The number of nitrogens with zero attached hydrogens (tertiary/aromatic N) is 2. The molecule has 0 radical (unpaired) electrons. The van der Waals surface area contributed by atoms with Gasteiger partial charge in [-0.3, -0.25) is 4.98 Å². The van der Waals surface area contributed by atoms with E-state index in [0.717, 1.165) is 5.69 Å². The highest BCUT2D eigenvalue weighted by molar-refractivity contribution is 6.30. The first kappa shape index (κ1) is 9.93. The predicted molar refractivity (Wildman–Crippen MR) is 58.3 cm³/mol. The SMILES string of the molecule is Cc1ncccc1Oc1ccc(Cl)cn1. The minimum atomic E-state index is 0.510. The van der Waals surface area contributed by atoms with E-state index in [1.165, 1.54) is 0 Å². The molecule has 0 fully saturated rings. The monoisotopic (exact) mass is 220 g/mol. The summed E-state index contributed by atoms with van der Waals surface area (Å²) in [6, 6.07) is 7.11. The molecule has 0 N–H and O–H groups in total. The smallest absolute Gasteiger partial charge is 0.219 e. The van der Waals surface area contributed by atoms with Crippen molar-refractivity contribution in [3.8, 4) is 11.6 Å². The van der Waals surface area contributed by atoms with Gasteiger partial charge in [-0.05, 0) is 25.1 Å². The van der Waals surface area contributed by atoms with E-state index in [9.17, 15) is 0 Å². The van der Waals surface area contributed by atoms with Crippen molar-refractivity contribution in [1.82, 2.24) is 9.97 Å². The van der Waals surface area contributed by atoms with Crippen molar-refractivity contribution in [2.75, 3.05) is 0 Å². The van der Waals surface area contributed by atoms with Gasteiger partial charge in [0.2, 0.25) is 5.88 Å². The first-order chi connectivity index (χ1) is 7.25. The molecule has 0 atom stereocenters. The second-order valence-electron chi connectivity index (χ2n) is 3.00. The minimum absolute atomic E-state index is 0.510. The molecule has 0 aliphatic carbocycles. The highest BCUT2D eigenvalue weighted by Crippen LogP contribution is 2.22. The molecule has 0 spiro atoms. The molecule has 4 heteroatoms. The van der Waals surface area contributed by atoms with Crippen LogP contribution in [0, 0.1) is 6.92 Å². The highest BCUT2D eigenvalue weighted by atomic mass is 35.5. The van der Waals surface area contributed by atoms with Gasteiger partial charge in [0.05, 0.1) is 10.7 Å². The lowest BCUT2D eigenvalue weighted by molar-refractivity contribution is 0.456. The number of pyridine rings is 2. The Kier molecular flexibility index (Phi) is 2.83. The van der Waals surface area contributed by atoms with Crippen molar-refractivity contribution >= 4 is 11.6 Å². The van der Waals surface area contributed by atoms with Crippen molar-refractivity contribution in [3.63, 3.8) is 0 Å². The Balaban J connectivity index is 2.22. The lowest BCUT2D eigenvalue weighted by Crippen LogP contribution is -1.91. The molecule has 2 aromatic heterocycles. The molecule has 0 amide bonds. The van der Waals surface area contributed by atoms with E-state index in [4.69, 9.17) is 16.3 Å². The van der Waals surface area contributed by atoms with Gasteiger partial charge in [-0.2, -0.15) is 0 Å². The lowest BCUT2D eigenvalue weighted by atomic mass is 10.3. The third-order valence-corrected chi connectivity index (χ3v) is 2.10. The average Bonchev–Trinajstić information content (AvgIpc) is 2.25. The Bertz CT molecular complexity index is 456. The normalized spacial score (nSPS) is 10.0. The molecule has 3 nitrogen and oxygen atoms in total. The highest BCUT2D eigenvalue weighted by Gasteiger charge is 2.01. The number of halogens is 1. The summed E-state index contributed by atoms with van der Waals surface area (Å²) in [5.74, 6) is 1.21. The molecule has 0 bridgehead atoms. The molecule has 2 heterocycles.